The van der Waals surface area contributed by atoms with Gasteiger partial charge in [0.1, 0.15) is 0 Å². The van der Waals surface area contributed by atoms with Crippen LogP contribution in [0.25, 0.3) is 11.0 Å². The molecule has 146 valence electrons. The number of nitrogens with one attached hydrogen (secondary N) is 1. The Balaban J connectivity index is 1.87. The zero-order valence-electron chi connectivity index (χ0n) is 15.9. The summed E-state index contributed by atoms with van der Waals surface area (Å²) in [6, 6.07) is 11.3. The minimum absolute atomic E-state index is 0.0316. The van der Waals surface area contributed by atoms with E-state index in [4.69, 9.17) is 0 Å². The molecular formula is C20H21N3O4S. The van der Waals surface area contributed by atoms with Gasteiger partial charge in [-0.3, -0.25) is 9.36 Å². The van der Waals surface area contributed by atoms with E-state index in [1.807, 2.05) is 13.8 Å². The van der Waals surface area contributed by atoms with Crippen molar-refractivity contribution in [2.24, 2.45) is 7.05 Å². The van der Waals surface area contributed by atoms with Crippen LogP contribution in [0.4, 0.5) is 0 Å². The molecule has 0 bridgehead atoms. The molecule has 0 radical (unpaired) electrons. The highest BCUT2D eigenvalue weighted by Crippen LogP contribution is 2.36. The van der Waals surface area contributed by atoms with Crippen LogP contribution in [0.1, 0.15) is 35.7 Å². The minimum atomic E-state index is -3.75. The first kappa shape index (κ1) is 18.6. The second-order valence-electron chi connectivity index (χ2n) is 7.66. The van der Waals surface area contributed by atoms with Gasteiger partial charge in [-0.2, -0.15) is 0 Å². The van der Waals surface area contributed by atoms with E-state index in [0.29, 0.717) is 11.1 Å². The molecule has 7 nitrogen and oxygen atoms in total. The maximum atomic E-state index is 13.0. The zero-order valence-corrected chi connectivity index (χ0v) is 16.7. The van der Waals surface area contributed by atoms with Crippen LogP contribution in [0, 0.1) is 6.92 Å². The van der Waals surface area contributed by atoms with Crippen molar-refractivity contribution in [3.8, 4) is 0 Å². The number of carbonyl (C=O) groups is 1. The highest BCUT2D eigenvalue weighted by Gasteiger charge is 2.41. The number of hydrogen-bond acceptors (Lipinski definition) is 4. The van der Waals surface area contributed by atoms with Crippen LogP contribution >= 0.6 is 0 Å². The van der Waals surface area contributed by atoms with Crippen molar-refractivity contribution in [1.82, 2.24) is 13.9 Å². The summed E-state index contributed by atoms with van der Waals surface area (Å²) in [4.78, 5) is 25.7. The van der Waals surface area contributed by atoms with Crippen LogP contribution in [0.3, 0.4) is 0 Å². The standard InChI is InChI=1S/C20H21N3O4S/c1-13-4-6-14(7-5-13)18(24)23-17-12-15(8-9-16(17)22(3)19(23)25)28(26,27)21-20(2)10-11-20/h4-9,12,21H,10-11H2,1-3H3. The third kappa shape index (κ3) is 3.08. The van der Waals surface area contributed by atoms with Gasteiger partial charge >= 0.3 is 5.69 Å². The van der Waals surface area contributed by atoms with Crippen molar-refractivity contribution in [1.29, 1.82) is 0 Å². The Hall–Kier alpha value is -2.71. The number of imidazole rings is 1. The quantitative estimate of drug-likeness (QED) is 0.728. The third-order valence-corrected chi connectivity index (χ3v) is 6.86. The Morgan fingerprint density at radius 3 is 2.32 bits per heavy atom. The van der Waals surface area contributed by atoms with Crippen molar-refractivity contribution >= 4 is 27.0 Å². The molecule has 1 N–H and O–H groups in total. The normalized spacial score (nSPS) is 15.7. The van der Waals surface area contributed by atoms with Gasteiger partial charge in [-0.05, 0) is 57.0 Å². The smallest absolute Gasteiger partial charge is 0.295 e. The van der Waals surface area contributed by atoms with Crippen molar-refractivity contribution in [3.63, 3.8) is 0 Å². The molecular weight excluding hydrogens is 378 g/mol. The number of aryl methyl sites for hydroxylation is 2. The summed E-state index contributed by atoms with van der Waals surface area (Å²) in [6.45, 7) is 3.76. The lowest BCUT2D eigenvalue weighted by atomic mass is 10.1. The molecule has 1 saturated carbocycles. The van der Waals surface area contributed by atoms with Crippen molar-refractivity contribution < 1.29 is 13.2 Å². The van der Waals surface area contributed by atoms with Gasteiger partial charge in [-0.25, -0.2) is 22.5 Å². The molecule has 1 aliphatic rings. The van der Waals surface area contributed by atoms with Gasteiger partial charge in [0.05, 0.1) is 15.9 Å². The van der Waals surface area contributed by atoms with Crippen LogP contribution in [0.5, 0.6) is 0 Å². The molecule has 1 fully saturated rings. The number of benzene rings is 2. The number of hydrogen-bond donors (Lipinski definition) is 1. The van der Waals surface area contributed by atoms with E-state index in [-0.39, 0.29) is 10.4 Å². The number of rotatable bonds is 4. The number of fused-ring (bicyclic) bond motifs is 1. The van der Waals surface area contributed by atoms with Crippen LogP contribution in [-0.4, -0.2) is 29.0 Å². The Morgan fingerprint density at radius 1 is 1.07 bits per heavy atom. The molecule has 28 heavy (non-hydrogen) atoms. The van der Waals surface area contributed by atoms with E-state index >= 15 is 0 Å². The second-order valence-corrected chi connectivity index (χ2v) is 9.35. The third-order valence-electron chi connectivity index (χ3n) is 5.22. The number of carbonyl (C=O) groups excluding carboxylic acids is 1. The highest BCUT2D eigenvalue weighted by atomic mass is 32.2. The molecule has 8 heteroatoms. The van der Waals surface area contributed by atoms with E-state index in [1.54, 1.807) is 37.4 Å². The summed E-state index contributed by atoms with van der Waals surface area (Å²) >= 11 is 0. The molecule has 0 aliphatic heterocycles. The second kappa shape index (κ2) is 6.15. The molecule has 1 aromatic heterocycles. The molecule has 1 aliphatic carbocycles. The SMILES string of the molecule is Cc1ccc(C(=O)n2c(=O)n(C)c3ccc(S(=O)(=O)NC4(C)CC4)cc32)cc1. The summed E-state index contributed by atoms with van der Waals surface area (Å²) in [5.41, 5.74) is 1.18. The molecule has 0 atom stereocenters. The molecule has 2 aromatic carbocycles. The van der Waals surface area contributed by atoms with Crippen LogP contribution in [-0.2, 0) is 17.1 Å². The number of aromatic nitrogens is 2. The van der Waals surface area contributed by atoms with Gasteiger partial charge in [0.25, 0.3) is 5.91 Å². The van der Waals surface area contributed by atoms with Gasteiger partial charge in [0, 0.05) is 18.2 Å². The van der Waals surface area contributed by atoms with Crippen molar-refractivity contribution in [2.75, 3.05) is 0 Å². The Labute approximate surface area is 162 Å². The van der Waals surface area contributed by atoms with E-state index in [2.05, 4.69) is 4.72 Å². The Morgan fingerprint density at radius 2 is 1.71 bits per heavy atom. The average molecular weight is 399 g/mol. The van der Waals surface area contributed by atoms with Gasteiger partial charge in [0.15, 0.2) is 0 Å². The van der Waals surface area contributed by atoms with Gasteiger partial charge < -0.3 is 0 Å². The average Bonchev–Trinajstić information content (AvgIpc) is 3.31. The Kier molecular flexibility index (Phi) is 4.09. The fraction of sp³-hybridized carbons (Fsp3) is 0.300. The van der Waals surface area contributed by atoms with E-state index < -0.39 is 27.2 Å². The first-order valence-corrected chi connectivity index (χ1v) is 10.5. The maximum Gasteiger partial charge on any atom is 0.335 e. The van der Waals surface area contributed by atoms with E-state index in [1.165, 1.54) is 16.7 Å². The zero-order chi connectivity index (χ0) is 20.3. The van der Waals surface area contributed by atoms with Gasteiger partial charge in [-0.1, -0.05) is 17.7 Å². The molecule has 0 unspecified atom stereocenters. The van der Waals surface area contributed by atoms with Gasteiger partial charge in [0.2, 0.25) is 10.0 Å². The first-order valence-electron chi connectivity index (χ1n) is 8.98. The Bertz CT molecular complexity index is 1260. The number of nitrogens with zero attached hydrogens (tertiary/aromatic N) is 2. The minimum Gasteiger partial charge on any atom is -0.295 e. The first-order chi connectivity index (χ1) is 13.1. The largest absolute Gasteiger partial charge is 0.335 e. The lowest BCUT2D eigenvalue weighted by Gasteiger charge is -2.12. The van der Waals surface area contributed by atoms with E-state index in [9.17, 15) is 18.0 Å². The lowest BCUT2D eigenvalue weighted by molar-refractivity contribution is 0.0960. The summed E-state index contributed by atoms with van der Waals surface area (Å²) in [7, 11) is -2.19. The summed E-state index contributed by atoms with van der Waals surface area (Å²) in [5, 5.41) is 0. The van der Waals surface area contributed by atoms with Crippen molar-refractivity contribution in [3.05, 3.63) is 64.1 Å². The van der Waals surface area contributed by atoms with Crippen LogP contribution < -0.4 is 10.4 Å². The monoisotopic (exact) mass is 399 g/mol. The fourth-order valence-electron chi connectivity index (χ4n) is 3.18. The maximum absolute atomic E-state index is 13.0. The van der Waals surface area contributed by atoms with Crippen LogP contribution in [0.15, 0.2) is 52.2 Å². The van der Waals surface area contributed by atoms with Crippen LogP contribution in [0.2, 0.25) is 0 Å². The number of sulfonamides is 1. The predicted octanol–water partition coefficient (Wildman–Crippen LogP) is 2.17. The highest BCUT2D eigenvalue weighted by molar-refractivity contribution is 7.89. The molecule has 4 rings (SSSR count). The molecule has 0 saturated heterocycles. The summed E-state index contributed by atoms with van der Waals surface area (Å²) < 4.78 is 30.5. The molecule has 0 spiro atoms. The summed E-state index contributed by atoms with van der Waals surface area (Å²) in [5.74, 6) is -0.493. The predicted molar refractivity (Wildman–Crippen MR) is 106 cm³/mol. The molecule has 0 amide bonds. The lowest BCUT2D eigenvalue weighted by Crippen LogP contribution is -2.34. The molecule has 1 heterocycles. The fourth-order valence-corrected chi connectivity index (χ4v) is 4.67. The van der Waals surface area contributed by atoms with Crippen molar-refractivity contribution in [2.45, 2.75) is 37.1 Å². The van der Waals surface area contributed by atoms with Gasteiger partial charge in [-0.15, -0.1) is 0 Å². The molecule has 3 aromatic rings. The van der Waals surface area contributed by atoms with E-state index in [0.717, 1.165) is 23.0 Å². The topological polar surface area (TPSA) is 90.2 Å². The summed E-state index contributed by atoms with van der Waals surface area (Å²) in [6.07, 6.45) is 1.58.